The van der Waals surface area contributed by atoms with Crippen LogP contribution in [-0.2, 0) is 6.54 Å². The Morgan fingerprint density at radius 1 is 1.29 bits per heavy atom. The molecule has 1 aliphatic heterocycles. The molecule has 34 heavy (non-hydrogen) atoms. The molecular weight excluding hydrogens is 481 g/mol. The van der Waals surface area contributed by atoms with E-state index in [-0.39, 0.29) is 17.8 Å². The lowest BCUT2D eigenvalue weighted by molar-refractivity contribution is -0.274. The van der Waals surface area contributed by atoms with Crippen LogP contribution in [-0.4, -0.2) is 27.3 Å². The van der Waals surface area contributed by atoms with E-state index in [1.807, 2.05) is 0 Å². The standard InChI is InChI=1S/C22H23F6N4OP/c1-3-6-13(21(23,24)25)11-14(19(34)4-2)16-12-17-15(8-10-32(17)31-16)30-20-18(7-5-9-29-20)33-22(26,27)28/h4-7,9,11-12,15H,3,8,10,34H2,1-2H3,(H,29,30)/b13-6-,14-11-,19-4+. The number of aryl methyl sites for hydroxylation is 1. The third-order valence-electron chi connectivity index (χ3n) is 5.05. The molecule has 0 aromatic carbocycles. The summed E-state index contributed by atoms with van der Waals surface area (Å²) in [5, 5.41) is 7.92. The number of allylic oxidation sites excluding steroid dienone is 6. The summed E-state index contributed by atoms with van der Waals surface area (Å²) in [6, 6.07) is 3.64. The van der Waals surface area contributed by atoms with Gasteiger partial charge in [-0.1, -0.05) is 19.1 Å². The number of pyridine rings is 1. The van der Waals surface area contributed by atoms with E-state index < -0.39 is 29.9 Å². The fraction of sp³-hybridized carbons (Fsp3) is 0.364. The topological polar surface area (TPSA) is 52.0 Å². The molecule has 2 aromatic rings. The van der Waals surface area contributed by atoms with E-state index in [1.165, 1.54) is 12.3 Å². The predicted molar refractivity (Wildman–Crippen MR) is 120 cm³/mol. The van der Waals surface area contributed by atoms with Crippen molar-refractivity contribution in [3.63, 3.8) is 0 Å². The minimum absolute atomic E-state index is 0.0952. The molecule has 0 radical (unpaired) electrons. The summed E-state index contributed by atoms with van der Waals surface area (Å²) in [6.07, 6.45) is -3.55. The van der Waals surface area contributed by atoms with Crippen LogP contribution in [0.5, 0.6) is 5.75 Å². The number of ether oxygens (including phenoxy) is 1. The van der Waals surface area contributed by atoms with Gasteiger partial charge in [-0.25, -0.2) is 4.98 Å². The average Bonchev–Trinajstić information content (AvgIpc) is 3.32. The first-order valence-corrected chi connectivity index (χ1v) is 11.0. The predicted octanol–water partition coefficient (Wildman–Crippen LogP) is 6.79. The molecule has 0 saturated carbocycles. The second kappa shape index (κ2) is 10.2. The zero-order chi connectivity index (χ0) is 25.1. The van der Waals surface area contributed by atoms with Crippen molar-refractivity contribution in [3.8, 4) is 5.75 Å². The zero-order valence-corrected chi connectivity index (χ0v) is 19.5. The Bertz CT molecular complexity index is 1120. The number of hydrogen-bond acceptors (Lipinski definition) is 4. The number of alkyl halides is 6. The molecule has 0 bridgehead atoms. The summed E-state index contributed by atoms with van der Waals surface area (Å²) < 4.78 is 84.3. The highest BCUT2D eigenvalue weighted by Gasteiger charge is 2.34. The number of halogens is 6. The van der Waals surface area contributed by atoms with Crippen LogP contribution in [0.4, 0.5) is 32.2 Å². The smallest absolute Gasteiger partial charge is 0.402 e. The van der Waals surface area contributed by atoms with Gasteiger partial charge in [0.05, 0.1) is 23.0 Å². The van der Waals surface area contributed by atoms with Crippen LogP contribution in [0.2, 0.25) is 0 Å². The molecule has 3 heterocycles. The number of fused-ring (bicyclic) bond motifs is 1. The summed E-state index contributed by atoms with van der Waals surface area (Å²) in [6.45, 7) is 3.75. The lowest BCUT2D eigenvalue weighted by Crippen LogP contribution is -2.19. The minimum atomic E-state index is -4.88. The van der Waals surface area contributed by atoms with Crippen molar-refractivity contribution in [2.75, 3.05) is 5.32 Å². The Hall–Kier alpha value is -2.81. The van der Waals surface area contributed by atoms with E-state index in [1.54, 1.807) is 30.7 Å². The van der Waals surface area contributed by atoms with E-state index in [0.29, 0.717) is 29.7 Å². The Balaban J connectivity index is 1.95. The third kappa shape index (κ3) is 6.20. The van der Waals surface area contributed by atoms with Gasteiger partial charge in [-0.3, -0.25) is 4.68 Å². The zero-order valence-electron chi connectivity index (χ0n) is 18.3. The van der Waals surface area contributed by atoms with Gasteiger partial charge in [0.1, 0.15) is 0 Å². The average molecular weight is 504 g/mol. The maximum Gasteiger partial charge on any atom is 0.573 e. The van der Waals surface area contributed by atoms with Crippen LogP contribution >= 0.6 is 9.24 Å². The van der Waals surface area contributed by atoms with Gasteiger partial charge in [-0.2, -0.15) is 18.3 Å². The van der Waals surface area contributed by atoms with E-state index in [9.17, 15) is 26.3 Å². The fourth-order valence-corrected chi connectivity index (χ4v) is 3.76. The number of rotatable bonds is 7. The van der Waals surface area contributed by atoms with E-state index in [2.05, 4.69) is 29.4 Å². The van der Waals surface area contributed by atoms with Crippen LogP contribution in [0.1, 0.15) is 44.1 Å². The molecule has 2 atom stereocenters. The maximum absolute atomic E-state index is 13.5. The molecule has 0 saturated heterocycles. The Labute approximate surface area is 194 Å². The Morgan fingerprint density at radius 2 is 2.03 bits per heavy atom. The van der Waals surface area contributed by atoms with Gasteiger partial charge in [-0.15, -0.1) is 22.4 Å². The van der Waals surface area contributed by atoms with Crippen LogP contribution in [0.3, 0.4) is 0 Å². The van der Waals surface area contributed by atoms with Gasteiger partial charge in [0.25, 0.3) is 0 Å². The summed E-state index contributed by atoms with van der Waals surface area (Å²) in [7, 11) is 2.41. The molecule has 12 heteroatoms. The first kappa shape index (κ1) is 25.8. The third-order valence-corrected chi connectivity index (χ3v) is 5.70. The highest BCUT2D eigenvalue weighted by atomic mass is 31.0. The summed E-state index contributed by atoms with van der Waals surface area (Å²) in [4.78, 5) is 3.95. The van der Waals surface area contributed by atoms with Gasteiger partial charge in [0.15, 0.2) is 11.6 Å². The number of nitrogens with one attached hydrogen (secondary N) is 1. The molecule has 1 N–H and O–H groups in total. The van der Waals surface area contributed by atoms with Crippen LogP contribution in [0, 0.1) is 0 Å². The van der Waals surface area contributed by atoms with Crippen LogP contribution in [0.25, 0.3) is 5.57 Å². The van der Waals surface area contributed by atoms with Gasteiger partial charge >= 0.3 is 12.5 Å². The molecule has 184 valence electrons. The van der Waals surface area contributed by atoms with Gasteiger partial charge < -0.3 is 10.1 Å². The van der Waals surface area contributed by atoms with Crippen molar-refractivity contribution in [3.05, 3.63) is 64.9 Å². The SMILES string of the molecule is C\C=C(P)/C(=C\C(=C\CC)C(F)(F)F)c1cc2n(n1)CCC2Nc1ncccc1OC(F)(F)F. The van der Waals surface area contributed by atoms with Crippen molar-refractivity contribution in [2.24, 2.45) is 0 Å². The number of aromatic nitrogens is 3. The van der Waals surface area contributed by atoms with Crippen molar-refractivity contribution in [1.82, 2.24) is 14.8 Å². The molecule has 0 spiro atoms. The van der Waals surface area contributed by atoms with Crippen molar-refractivity contribution < 1.29 is 31.1 Å². The largest absolute Gasteiger partial charge is 0.573 e. The Kier molecular flexibility index (Phi) is 7.75. The number of anilines is 1. The molecule has 0 aliphatic carbocycles. The lowest BCUT2D eigenvalue weighted by Gasteiger charge is -2.17. The highest BCUT2D eigenvalue weighted by Crippen LogP contribution is 2.38. The summed E-state index contributed by atoms with van der Waals surface area (Å²) >= 11 is 0. The molecule has 1 aliphatic rings. The molecule has 2 aromatic heterocycles. The first-order valence-electron chi connectivity index (χ1n) is 10.4. The van der Waals surface area contributed by atoms with Gasteiger partial charge in [0.2, 0.25) is 0 Å². The second-order valence-electron chi connectivity index (χ2n) is 7.43. The second-order valence-corrected chi connectivity index (χ2v) is 8.05. The van der Waals surface area contributed by atoms with Gasteiger partial charge in [-0.05, 0) is 49.4 Å². The van der Waals surface area contributed by atoms with Crippen molar-refractivity contribution >= 4 is 20.6 Å². The van der Waals surface area contributed by atoms with Crippen LogP contribution in [0.15, 0.2) is 53.5 Å². The minimum Gasteiger partial charge on any atom is -0.402 e. The normalized spacial score (nSPS) is 17.7. The molecular formula is C22H23F6N4OP. The van der Waals surface area contributed by atoms with Gasteiger partial charge in [0, 0.05) is 18.3 Å². The van der Waals surface area contributed by atoms with E-state index >= 15 is 0 Å². The first-order chi connectivity index (χ1) is 15.9. The highest BCUT2D eigenvalue weighted by molar-refractivity contribution is 7.24. The molecule has 0 fully saturated rings. The maximum atomic E-state index is 13.5. The Morgan fingerprint density at radius 3 is 2.65 bits per heavy atom. The van der Waals surface area contributed by atoms with E-state index in [4.69, 9.17) is 0 Å². The molecule has 2 unspecified atom stereocenters. The molecule has 3 rings (SSSR count). The lowest BCUT2D eigenvalue weighted by atomic mass is 10.0. The monoisotopic (exact) mass is 504 g/mol. The van der Waals surface area contributed by atoms with Crippen LogP contribution < -0.4 is 10.1 Å². The van der Waals surface area contributed by atoms with Crippen molar-refractivity contribution in [2.45, 2.75) is 51.8 Å². The number of hydrogen-bond donors (Lipinski definition) is 1. The summed E-state index contributed by atoms with van der Waals surface area (Å²) in [5.41, 5.74) is 0.441. The molecule has 0 amide bonds. The quantitative estimate of drug-likeness (QED) is 0.256. The fourth-order valence-electron chi connectivity index (χ4n) is 3.53. The number of nitrogens with zero attached hydrogens (tertiary/aromatic N) is 3. The molecule has 5 nitrogen and oxygen atoms in total. The summed E-state index contributed by atoms with van der Waals surface area (Å²) in [5.74, 6) is -0.573. The van der Waals surface area contributed by atoms with Crippen molar-refractivity contribution in [1.29, 1.82) is 0 Å². The van der Waals surface area contributed by atoms with E-state index in [0.717, 1.165) is 18.2 Å².